The summed E-state index contributed by atoms with van der Waals surface area (Å²) in [5, 5.41) is 2.37. The van der Waals surface area contributed by atoms with Crippen LogP contribution in [0, 0.1) is 20.8 Å². The lowest BCUT2D eigenvalue weighted by atomic mass is 9.94. The van der Waals surface area contributed by atoms with Crippen molar-refractivity contribution in [2.24, 2.45) is 10.7 Å². The van der Waals surface area contributed by atoms with Gasteiger partial charge in [0.1, 0.15) is 17.0 Å². The number of hydrogen-bond donors (Lipinski definition) is 3. The van der Waals surface area contributed by atoms with E-state index < -0.39 is 27.3 Å². The number of benzene rings is 1. The fourth-order valence-electron chi connectivity index (χ4n) is 3.50. The third kappa shape index (κ3) is 6.49. The average molecular weight is 491 g/mol. The van der Waals surface area contributed by atoms with Crippen LogP contribution in [-0.4, -0.2) is 44.8 Å². The van der Waals surface area contributed by atoms with Gasteiger partial charge in [0, 0.05) is 18.5 Å². The maximum absolute atomic E-state index is 13.4. The van der Waals surface area contributed by atoms with E-state index in [1.54, 1.807) is 34.6 Å². The fraction of sp³-hybridized carbons (Fsp3) is 0.619. The third-order valence-corrected chi connectivity index (χ3v) is 6.42. The van der Waals surface area contributed by atoms with Crippen molar-refractivity contribution in [1.29, 1.82) is 0 Å². The van der Waals surface area contributed by atoms with Crippen LogP contribution in [0.4, 0.5) is 4.79 Å². The Bertz CT molecular complexity index is 1010. The van der Waals surface area contributed by atoms with Gasteiger partial charge in [0.05, 0.1) is 11.4 Å². The van der Waals surface area contributed by atoms with Crippen molar-refractivity contribution in [2.75, 3.05) is 13.1 Å². The first-order chi connectivity index (χ1) is 14.1. The normalized spacial score (nSPS) is 15.3. The van der Waals surface area contributed by atoms with Crippen molar-refractivity contribution in [3.63, 3.8) is 0 Å². The minimum Gasteiger partial charge on any atom is -0.487 e. The zero-order valence-corrected chi connectivity index (χ0v) is 21.6. The number of sulfonamides is 1. The number of fused-ring (bicyclic) bond motifs is 1. The number of nitrogens with two attached hydrogens (primary N) is 1. The van der Waals surface area contributed by atoms with Crippen molar-refractivity contribution >= 4 is 34.5 Å². The molecule has 0 fully saturated rings. The predicted octanol–water partition coefficient (Wildman–Crippen LogP) is 2.86. The van der Waals surface area contributed by atoms with E-state index in [1.807, 2.05) is 20.8 Å². The molecule has 32 heavy (non-hydrogen) atoms. The fourth-order valence-corrected chi connectivity index (χ4v) is 5.05. The topological polar surface area (TPSA) is 132 Å². The van der Waals surface area contributed by atoms with Gasteiger partial charge in [-0.3, -0.25) is 10.3 Å². The molecule has 9 nitrogen and oxygen atoms in total. The number of nitrogens with one attached hydrogen (secondary N) is 2. The zero-order chi connectivity index (χ0) is 23.8. The van der Waals surface area contributed by atoms with Gasteiger partial charge in [-0.05, 0) is 72.1 Å². The van der Waals surface area contributed by atoms with E-state index in [2.05, 4.69) is 15.0 Å². The summed E-state index contributed by atoms with van der Waals surface area (Å²) in [5.74, 6) is 0.496. The Hall–Kier alpha value is -2.04. The van der Waals surface area contributed by atoms with E-state index in [4.69, 9.17) is 15.2 Å². The van der Waals surface area contributed by atoms with Crippen LogP contribution in [0.5, 0.6) is 5.75 Å². The number of carbonyl (C=O) groups is 1. The summed E-state index contributed by atoms with van der Waals surface area (Å²) in [6.07, 6.45) is -0.220. The van der Waals surface area contributed by atoms with Gasteiger partial charge >= 0.3 is 6.09 Å². The molecule has 0 aliphatic carbocycles. The smallest absolute Gasteiger partial charge is 0.414 e. The molecular weight excluding hydrogens is 456 g/mol. The summed E-state index contributed by atoms with van der Waals surface area (Å²) in [5.41, 5.74) is 7.17. The van der Waals surface area contributed by atoms with Crippen LogP contribution < -0.4 is 20.5 Å². The number of hydrogen-bond acceptors (Lipinski definition) is 7. The maximum Gasteiger partial charge on any atom is 0.414 e. The number of carbonyl (C=O) groups excluding carboxylic acids is 1. The van der Waals surface area contributed by atoms with E-state index >= 15 is 0 Å². The summed E-state index contributed by atoms with van der Waals surface area (Å²) in [6, 6.07) is 0. The minimum absolute atomic E-state index is 0. The number of rotatable bonds is 4. The molecule has 0 unspecified atom stereocenters. The van der Waals surface area contributed by atoms with Crippen LogP contribution in [0.2, 0.25) is 0 Å². The maximum atomic E-state index is 13.4. The molecule has 0 bridgehead atoms. The Morgan fingerprint density at radius 1 is 1.19 bits per heavy atom. The second kappa shape index (κ2) is 9.84. The van der Waals surface area contributed by atoms with Crippen LogP contribution in [-0.2, 0) is 21.2 Å². The summed E-state index contributed by atoms with van der Waals surface area (Å²) >= 11 is 0. The molecule has 0 saturated carbocycles. The molecule has 1 aliphatic rings. The van der Waals surface area contributed by atoms with Crippen LogP contribution in [0.15, 0.2) is 9.89 Å². The number of alkyl carbamates (subject to hydrolysis) is 1. The van der Waals surface area contributed by atoms with Gasteiger partial charge < -0.3 is 15.2 Å². The lowest BCUT2D eigenvalue weighted by Gasteiger charge is -2.21. The molecule has 1 amide bonds. The number of ether oxygens (including phenoxy) is 2. The Balaban J connectivity index is 0.00000512. The number of nitrogens with zero attached hydrogens (tertiary/aromatic N) is 1. The van der Waals surface area contributed by atoms with Gasteiger partial charge in [0.2, 0.25) is 5.96 Å². The highest BCUT2D eigenvalue weighted by Gasteiger charge is 2.37. The molecule has 0 spiro atoms. The predicted molar refractivity (Wildman–Crippen MR) is 127 cm³/mol. The molecule has 2 rings (SSSR count). The summed E-state index contributed by atoms with van der Waals surface area (Å²) in [4.78, 5) is 16.4. The van der Waals surface area contributed by atoms with Gasteiger partial charge in [0.25, 0.3) is 10.0 Å². The van der Waals surface area contributed by atoms with E-state index in [0.29, 0.717) is 17.5 Å². The first kappa shape index (κ1) is 28.0. The average Bonchev–Trinajstić information content (AvgIpc) is 2.91. The van der Waals surface area contributed by atoms with Crippen LogP contribution in [0.1, 0.15) is 56.9 Å². The molecule has 11 heteroatoms. The van der Waals surface area contributed by atoms with Crippen molar-refractivity contribution in [2.45, 2.75) is 77.9 Å². The number of amides is 1. The first-order valence-electron chi connectivity index (χ1n) is 10.2. The second-order valence-corrected chi connectivity index (χ2v) is 10.9. The first-order valence-corrected chi connectivity index (χ1v) is 11.7. The quantitative estimate of drug-likeness (QED) is 0.439. The van der Waals surface area contributed by atoms with Gasteiger partial charge in [-0.2, -0.15) is 0 Å². The summed E-state index contributed by atoms with van der Waals surface area (Å²) in [6.45, 7) is 14.7. The SMILES string of the molecule is Cc1c(C)c(S(=O)(=O)NC(=NCCN)NC(=O)OC(C)(C)C)c(C)c2c1OC(C)(C)C2.Cl. The van der Waals surface area contributed by atoms with Crippen LogP contribution in [0.25, 0.3) is 0 Å². The Morgan fingerprint density at radius 2 is 1.78 bits per heavy atom. The largest absolute Gasteiger partial charge is 0.487 e. The summed E-state index contributed by atoms with van der Waals surface area (Å²) < 4.78 is 40.4. The van der Waals surface area contributed by atoms with Gasteiger partial charge in [-0.15, -0.1) is 12.4 Å². The van der Waals surface area contributed by atoms with E-state index in [-0.39, 0.29) is 36.4 Å². The van der Waals surface area contributed by atoms with E-state index in [0.717, 1.165) is 16.9 Å². The van der Waals surface area contributed by atoms with Gasteiger partial charge in [0.15, 0.2) is 0 Å². The van der Waals surface area contributed by atoms with Crippen molar-refractivity contribution in [1.82, 2.24) is 10.0 Å². The Labute approximate surface area is 197 Å². The Kier molecular flexibility index (Phi) is 8.61. The second-order valence-electron chi connectivity index (χ2n) is 9.30. The highest BCUT2D eigenvalue weighted by atomic mass is 35.5. The zero-order valence-electron chi connectivity index (χ0n) is 20.0. The molecule has 1 aromatic carbocycles. The molecule has 0 radical (unpaired) electrons. The van der Waals surface area contributed by atoms with Gasteiger partial charge in [-0.1, -0.05) is 0 Å². The van der Waals surface area contributed by atoms with E-state index in [9.17, 15) is 13.2 Å². The van der Waals surface area contributed by atoms with Crippen LogP contribution >= 0.6 is 12.4 Å². The summed E-state index contributed by atoms with van der Waals surface area (Å²) in [7, 11) is -4.07. The lowest BCUT2D eigenvalue weighted by molar-refractivity contribution is 0.0562. The van der Waals surface area contributed by atoms with Crippen molar-refractivity contribution < 1.29 is 22.7 Å². The molecule has 1 aromatic rings. The molecule has 0 aromatic heterocycles. The lowest BCUT2D eigenvalue weighted by Crippen LogP contribution is -2.46. The molecule has 4 N–H and O–H groups in total. The molecular formula is C21H35ClN4O5S. The number of halogens is 1. The molecule has 0 atom stereocenters. The highest BCUT2D eigenvalue weighted by molar-refractivity contribution is 7.90. The molecule has 1 aliphatic heterocycles. The van der Waals surface area contributed by atoms with E-state index in [1.165, 1.54) is 0 Å². The van der Waals surface area contributed by atoms with Gasteiger partial charge in [-0.25, -0.2) is 17.9 Å². The standard InChI is InChI=1S/C21H34N4O5S.ClH/c1-12-13(2)17(14(3)15-11-21(7,8)29-16(12)15)31(27,28)25-18(23-10-9-22)24-19(26)30-20(4,5)6;/h9-11,22H2,1-8H3,(H2,23,24,25,26);1H. The van der Waals surface area contributed by atoms with Crippen molar-refractivity contribution in [3.8, 4) is 5.75 Å². The highest BCUT2D eigenvalue weighted by Crippen LogP contribution is 2.43. The molecule has 182 valence electrons. The molecule has 1 heterocycles. The number of aliphatic imine (C=N–C) groups is 1. The van der Waals surface area contributed by atoms with Crippen LogP contribution in [0.3, 0.4) is 0 Å². The third-order valence-electron chi connectivity index (χ3n) is 4.81. The molecule has 0 saturated heterocycles. The minimum atomic E-state index is -4.07. The monoisotopic (exact) mass is 490 g/mol. The van der Waals surface area contributed by atoms with Crippen molar-refractivity contribution in [3.05, 3.63) is 22.3 Å². The Morgan fingerprint density at radius 3 is 2.31 bits per heavy atom. The number of guanidine groups is 1.